The highest BCUT2D eigenvalue weighted by atomic mass is 16.5. The van der Waals surface area contributed by atoms with Crippen LogP contribution in [-0.4, -0.2) is 51.3 Å². The summed E-state index contributed by atoms with van der Waals surface area (Å²) in [5, 5.41) is 18.5. The Hall–Kier alpha value is -2.54. The number of aromatic nitrogens is 3. The van der Waals surface area contributed by atoms with Crippen LogP contribution < -0.4 is 0 Å². The van der Waals surface area contributed by atoms with Crippen molar-refractivity contribution in [3.8, 4) is 0 Å². The van der Waals surface area contributed by atoms with Crippen LogP contribution in [0.4, 0.5) is 0 Å². The molecule has 2 aromatic carbocycles. The summed E-state index contributed by atoms with van der Waals surface area (Å²) in [4.78, 5) is 2.22. The standard InChI is InChI=1S/C22H28N4O2/c1-25(13-12-19-8-4-2-5-9-19)14-21-15-26(24-23-21)16-22(27)18-28-17-20-10-6-3-7-11-20/h2-11,15,22,27H,12-14,16-18H2,1H3. The lowest BCUT2D eigenvalue weighted by Crippen LogP contribution is -2.22. The number of benzene rings is 2. The van der Waals surface area contributed by atoms with Crippen LogP contribution >= 0.6 is 0 Å². The lowest BCUT2D eigenvalue weighted by molar-refractivity contribution is 0.0184. The Morgan fingerprint density at radius 1 is 1.04 bits per heavy atom. The Morgan fingerprint density at radius 3 is 2.43 bits per heavy atom. The minimum absolute atomic E-state index is 0.265. The molecule has 0 aliphatic rings. The van der Waals surface area contributed by atoms with Crippen molar-refractivity contribution in [3.63, 3.8) is 0 Å². The van der Waals surface area contributed by atoms with Gasteiger partial charge in [0, 0.05) is 19.3 Å². The summed E-state index contributed by atoms with van der Waals surface area (Å²) in [6.07, 6.45) is 2.27. The fraction of sp³-hybridized carbons (Fsp3) is 0.364. The van der Waals surface area contributed by atoms with Crippen LogP contribution in [0.2, 0.25) is 0 Å². The Morgan fingerprint density at radius 2 is 1.71 bits per heavy atom. The average Bonchev–Trinajstić information content (AvgIpc) is 3.14. The Bertz CT molecular complexity index is 808. The highest BCUT2D eigenvalue weighted by Gasteiger charge is 2.10. The molecule has 3 rings (SSSR count). The summed E-state index contributed by atoms with van der Waals surface area (Å²) in [6, 6.07) is 20.4. The van der Waals surface area contributed by atoms with Gasteiger partial charge in [0.1, 0.15) is 0 Å². The van der Waals surface area contributed by atoms with Crippen molar-refractivity contribution in [1.82, 2.24) is 19.9 Å². The van der Waals surface area contributed by atoms with E-state index in [0.29, 0.717) is 13.2 Å². The molecule has 6 heteroatoms. The second kappa shape index (κ2) is 10.7. The number of aliphatic hydroxyl groups excluding tert-OH is 1. The third-order valence-electron chi connectivity index (χ3n) is 4.46. The molecule has 0 saturated carbocycles. The quantitative estimate of drug-likeness (QED) is 0.554. The maximum absolute atomic E-state index is 10.2. The summed E-state index contributed by atoms with van der Waals surface area (Å²) in [5.41, 5.74) is 3.32. The van der Waals surface area contributed by atoms with Crippen molar-refractivity contribution in [2.45, 2.75) is 32.2 Å². The van der Waals surface area contributed by atoms with Crippen LogP contribution in [-0.2, 0) is 30.9 Å². The molecule has 0 radical (unpaired) electrons. The lowest BCUT2D eigenvalue weighted by Gasteiger charge is -2.14. The molecule has 0 aliphatic carbocycles. The SMILES string of the molecule is CN(CCc1ccccc1)Cc1cn(CC(O)COCc2ccccc2)nn1. The van der Waals surface area contributed by atoms with Gasteiger partial charge in [-0.1, -0.05) is 65.9 Å². The van der Waals surface area contributed by atoms with E-state index >= 15 is 0 Å². The first-order valence-electron chi connectivity index (χ1n) is 9.60. The van der Waals surface area contributed by atoms with Crippen LogP contribution in [0.5, 0.6) is 0 Å². The summed E-state index contributed by atoms with van der Waals surface area (Å²) in [6.45, 7) is 2.81. The second-order valence-corrected chi connectivity index (χ2v) is 7.06. The van der Waals surface area contributed by atoms with Crippen molar-refractivity contribution in [3.05, 3.63) is 83.7 Å². The van der Waals surface area contributed by atoms with Crippen LogP contribution in [0, 0.1) is 0 Å². The van der Waals surface area contributed by atoms with E-state index in [2.05, 4.69) is 46.5 Å². The Balaban J connectivity index is 1.37. The topological polar surface area (TPSA) is 63.4 Å². The third-order valence-corrected chi connectivity index (χ3v) is 4.46. The summed E-state index contributed by atoms with van der Waals surface area (Å²) >= 11 is 0. The minimum atomic E-state index is -0.617. The van der Waals surface area contributed by atoms with E-state index in [1.54, 1.807) is 4.68 Å². The maximum Gasteiger partial charge on any atom is 0.0969 e. The van der Waals surface area contributed by atoms with Crippen molar-refractivity contribution < 1.29 is 9.84 Å². The smallest absolute Gasteiger partial charge is 0.0969 e. The molecule has 0 bridgehead atoms. The van der Waals surface area contributed by atoms with Gasteiger partial charge in [-0.05, 0) is 24.6 Å². The zero-order chi connectivity index (χ0) is 19.6. The largest absolute Gasteiger partial charge is 0.389 e. The monoisotopic (exact) mass is 380 g/mol. The Kier molecular flexibility index (Phi) is 7.72. The van der Waals surface area contributed by atoms with Crippen LogP contribution in [0.1, 0.15) is 16.8 Å². The van der Waals surface area contributed by atoms with Crippen molar-refractivity contribution >= 4 is 0 Å². The number of ether oxygens (including phenoxy) is 1. The molecule has 0 fully saturated rings. The average molecular weight is 380 g/mol. The van der Waals surface area contributed by atoms with Gasteiger partial charge in [0.05, 0.1) is 31.6 Å². The van der Waals surface area contributed by atoms with Crippen molar-refractivity contribution in [2.24, 2.45) is 0 Å². The van der Waals surface area contributed by atoms with E-state index in [0.717, 1.165) is 30.8 Å². The first-order chi connectivity index (χ1) is 13.7. The molecule has 28 heavy (non-hydrogen) atoms. The first kappa shape index (κ1) is 20.2. The predicted molar refractivity (Wildman–Crippen MR) is 109 cm³/mol. The van der Waals surface area contributed by atoms with Gasteiger partial charge < -0.3 is 14.7 Å². The van der Waals surface area contributed by atoms with Gasteiger partial charge in [-0.3, -0.25) is 0 Å². The first-order valence-corrected chi connectivity index (χ1v) is 9.60. The fourth-order valence-electron chi connectivity index (χ4n) is 2.98. The molecule has 1 aromatic heterocycles. The molecule has 1 atom stereocenters. The zero-order valence-corrected chi connectivity index (χ0v) is 16.3. The van der Waals surface area contributed by atoms with E-state index < -0.39 is 6.10 Å². The van der Waals surface area contributed by atoms with E-state index in [4.69, 9.17) is 4.74 Å². The van der Waals surface area contributed by atoms with E-state index in [-0.39, 0.29) is 6.61 Å². The van der Waals surface area contributed by atoms with Gasteiger partial charge in [0.25, 0.3) is 0 Å². The summed E-state index contributed by atoms with van der Waals surface area (Å²) in [5.74, 6) is 0. The van der Waals surface area contributed by atoms with Gasteiger partial charge >= 0.3 is 0 Å². The molecule has 1 N–H and O–H groups in total. The van der Waals surface area contributed by atoms with E-state index in [1.165, 1.54) is 5.56 Å². The molecule has 0 aliphatic heterocycles. The molecule has 0 amide bonds. The molecule has 1 heterocycles. The normalized spacial score (nSPS) is 12.4. The zero-order valence-electron chi connectivity index (χ0n) is 16.3. The number of hydrogen-bond donors (Lipinski definition) is 1. The minimum Gasteiger partial charge on any atom is -0.389 e. The lowest BCUT2D eigenvalue weighted by atomic mass is 10.1. The summed E-state index contributed by atoms with van der Waals surface area (Å²) in [7, 11) is 2.08. The molecule has 3 aromatic rings. The molecule has 148 valence electrons. The predicted octanol–water partition coefficient (Wildman–Crippen LogP) is 2.53. The number of hydrogen-bond acceptors (Lipinski definition) is 5. The van der Waals surface area contributed by atoms with Gasteiger partial charge in [0.2, 0.25) is 0 Å². The number of aliphatic hydroxyl groups is 1. The molecular formula is C22H28N4O2. The molecule has 0 saturated heterocycles. The van der Waals surface area contributed by atoms with Gasteiger partial charge in [-0.15, -0.1) is 5.10 Å². The highest BCUT2D eigenvalue weighted by molar-refractivity contribution is 5.15. The van der Waals surface area contributed by atoms with E-state index in [1.807, 2.05) is 42.6 Å². The number of likely N-dealkylation sites (N-methyl/N-ethyl adjacent to an activating group) is 1. The van der Waals surface area contributed by atoms with Crippen LogP contribution in [0.25, 0.3) is 0 Å². The summed E-state index contributed by atoms with van der Waals surface area (Å²) < 4.78 is 7.26. The van der Waals surface area contributed by atoms with E-state index in [9.17, 15) is 5.11 Å². The molecule has 0 spiro atoms. The highest BCUT2D eigenvalue weighted by Crippen LogP contribution is 2.05. The maximum atomic E-state index is 10.2. The van der Waals surface area contributed by atoms with Gasteiger partial charge in [-0.2, -0.15) is 0 Å². The Labute approximate surface area is 166 Å². The third kappa shape index (κ3) is 6.88. The van der Waals surface area contributed by atoms with Gasteiger partial charge in [-0.25, -0.2) is 4.68 Å². The van der Waals surface area contributed by atoms with Crippen molar-refractivity contribution in [2.75, 3.05) is 20.2 Å². The second-order valence-electron chi connectivity index (χ2n) is 7.06. The van der Waals surface area contributed by atoms with Crippen molar-refractivity contribution in [1.29, 1.82) is 0 Å². The molecule has 1 unspecified atom stereocenters. The van der Waals surface area contributed by atoms with Crippen LogP contribution in [0.15, 0.2) is 66.9 Å². The van der Waals surface area contributed by atoms with Crippen LogP contribution in [0.3, 0.4) is 0 Å². The fourth-order valence-corrected chi connectivity index (χ4v) is 2.98. The molecular weight excluding hydrogens is 352 g/mol. The molecule has 6 nitrogen and oxygen atoms in total. The number of nitrogens with zero attached hydrogens (tertiary/aromatic N) is 4. The van der Waals surface area contributed by atoms with Gasteiger partial charge in [0.15, 0.2) is 0 Å². The number of rotatable bonds is 11.